The monoisotopic (exact) mass is 223 g/mol. The molecule has 2 aliphatic rings. The molecule has 1 aliphatic carbocycles. The molecule has 4 atom stereocenters. The van der Waals surface area contributed by atoms with Crippen LogP contribution in [0.5, 0.6) is 0 Å². The van der Waals surface area contributed by atoms with Crippen molar-refractivity contribution < 1.29 is 9.90 Å². The van der Waals surface area contributed by atoms with E-state index in [-0.39, 0.29) is 18.0 Å². The Morgan fingerprint density at radius 3 is 2.75 bits per heavy atom. The van der Waals surface area contributed by atoms with Crippen LogP contribution in [-0.2, 0) is 4.79 Å². The standard InChI is InChI=1S/C11H17N3O2/c1-11(2,16)9(13)10(15)14-7(5-12)3-6-4-8(6)14/h6-9,16H,3-4,13H2,1-2H3/t6?,7-,8-,9?/m0/s1. The maximum absolute atomic E-state index is 12.1. The van der Waals surface area contributed by atoms with E-state index in [1.165, 1.54) is 13.8 Å². The number of fused-ring (bicyclic) bond motifs is 1. The largest absolute Gasteiger partial charge is 0.388 e. The molecule has 0 radical (unpaired) electrons. The van der Waals surface area contributed by atoms with Crippen molar-refractivity contribution in [2.75, 3.05) is 0 Å². The van der Waals surface area contributed by atoms with Gasteiger partial charge in [-0.05, 0) is 32.6 Å². The molecule has 0 aromatic heterocycles. The molecular formula is C11H17N3O2. The predicted octanol–water partition coefficient (Wildman–Crippen LogP) is -0.402. The van der Waals surface area contributed by atoms with Crippen LogP contribution in [0.3, 0.4) is 0 Å². The highest BCUT2D eigenvalue weighted by molar-refractivity contribution is 5.84. The number of piperidine rings is 1. The molecule has 1 aliphatic heterocycles. The molecule has 2 unspecified atom stereocenters. The van der Waals surface area contributed by atoms with Gasteiger partial charge in [0, 0.05) is 6.04 Å². The van der Waals surface area contributed by atoms with Gasteiger partial charge in [-0.15, -0.1) is 0 Å². The molecule has 1 amide bonds. The number of likely N-dealkylation sites (tertiary alicyclic amines) is 1. The zero-order chi connectivity index (χ0) is 12.1. The van der Waals surface area contributed by atoms with Gasteiger partial charge >= 0.3 is 0 Å². The van der Waals surface area contributed by atoms with Gasteiger partial charge < -0.3 is 15.7 Å². The highest BCUT2D eigenvalue weighted by Crippen LogP contribution is 2.47. The zero-order valence-electron chi connectivity index (χ0n) is 9.55. The van der Waals surface area contributed by atoms with Crippen LogP contribution in [0.1, 0.15) is 26.7 Å². The van der Waals surface area contributed by atoms with Crippen LogP contribution in [0.25, 0.3) is 0 Å². The Kier molecular flexibility index (Phi) is 2.44. The minimum absolute atomic E-state index is 0.186. The molecule has 0 bridgehead atoms. The summed E-state index contributed by atoms with van der Waals surface area (Å²) in [6.45, 7) is 3.02. The molecule has 5 nitrogen and oxygen atoms in total. The number of hydrogen-bond acceptors (Lipinski definition) is 4. The van der Waals surface area contributed by atoms with Crippen molar-refractivity contribution in [1.29, 1.82) is 5.26 Å². The molecule has 0 aromatic carbocycles. The summed E-state index contributed by atoms with van der Waals surface area (Å²) in [6.07, 6.45) is 1.73. The predicted molar refractivity (Wildman–Crippen MR) is 57.0 cm³/mol. The van der Waals surface area contributed by atoms with Crippen molar-refractivity contribution in [1.82, 2.24) is 4.90 Å². The molecule has 16 heavy (non-hydrogen) atoms. The summed E-state index contributed by atoms with van der Waals surface area (Å²) < 4.78 is 0. The molecule has 5 heteroatoms. The van der Waals surface area contributed by atoms with Crippen LogP contribution < -0.4 is 5.73 Å². The van der Waals surface area contributed by atoms with Gasteiger partial charge in [-0.25, -0.2) is 0 Å². The molecule has 88 valence electrons. The summed E-state index contributed by atoms with van der Waals surface area (Å²) >= 11 is 0. The van der Waals surface area contributed by atoms with Gasteiger partial charge in [0.1, 0.15) is 12.1 Å². The lowest BCUT2D eigenvalue weighted by Gasteiger charge is -2.31. The third-order valence-electron chi connectivity index (χ3n) is 3.54. The van der Waals surface area contributed by atoms with Gasteiger partial charge in [0.25, 0.3) is 0 Å². The Morgan fingerprint density at radius 1 is 1.62 bits per heavy atom. The van der Waals surface area contributed by atoms with Crippen LogP contribution in [0.4, 0.5) is 0 Å². The van der Waals surface area contributed by atoms with E-state index in [1.54, 1.807) is 4.90 Å². The summed E-state index contributed by atoms with van der Waals surface area (Å²) in [5, 5.41) is 18.7. The molecule has 0 aromatic rings. The zero-order valence-corrected chi connectivity index (χ0v) is 9.55. The second kappa shape index (κ2) is 3.44. The van der Waals surface area contributed by atoms with Crippen LogP contribution in [0.15, 0.2) is 0 Å². The molecule has 1 saturated heterocycles. The van der Waals surface area contributed by atoms with Crippen molar-refractivity contribution in [3.63, 3.8) is 0 Å². The Hall–Kier alpha value is -1.12. The number of nitrogens with zero attached hydrogens (tertiary/aromatic N) is 2. The van der Waals surface area contributed by atoms with Crippen molar-refractivity contribution in [3.8, 4) is 6.07 Å². The normalized spacial score (nSPS) is 34.2. The number of aliphatic hydroxyl groups is 1. The number of carbonyl (C=O) groups excluding carboxylic acids is 1. The fourth-order valence-corrected chi connectivity index (χ4v) is 2.35. The number of amides is 1. The number of nitrogens with two attached hydrogens (primary N) is 1. The summed E-state index contributed by atoms with van der Waals surface area (Å²) in [7, 11) is 0. The van der Waals surface area contributed by atoms with E-state index in [0.29, 0.717) is 5.92 Å². The second-order valence-electron chi connectivity index (χ2n) is 5.32. The Labute approximate surface area is 94.8 Å². The first kappa shape index (κ1) is 11.4. The average Bonchev–Trinajstić information content (AvgIpc) is 2.86. The first-order chi connectivity index (χ1) is 7.36. The van der Waals surface area contributed by atoms with E-state index in [1.807, 2.05) is 0 Å². The highest BCUT2D eigenvalue weighted by Gasteiger charge is 2.55. The van der Waals surface area contributed by atoms with E-state index in [0.717, 1.165) is 12.8 Å². The molecule has 1 heterocycles. The molecular weight excluding hydrogens is 206 g/mol. The third kappa shape index (κ3) is 1.68. The first-order valence-electron chi connectivity index (χ1n) is 5.56. The van der Waals surface area contributed by atoms with Crippen LogP contribution in [-0.4, -0.2) is 39.6 Å². The molecule has 2 rings (SSSR count). The maximum Gasteiger partial charge on any atom is 0.243 e. The molecule has 0 spiro atoms. The quantitative estimate of drug-likeness (QED) is 0.666. The van der Waals surface area contributed by atoms with Crippen molar-refractivity contribution in [2.24, 2.45) is 11.7 Å². The third-order valence-corrected chi connectivity index (χ3v) is 3.54. The SMILES string of the molecule is CC(C)(O)C(N)C(=O)N1[C@H](C#N)CC2C[C@@H]21. The fraction of sp³-hybridized carbons (Fsp3) is 0.818. The fourth-order valence-electron chi connectivity index (χ4n) is 2.35. The van der Waals surface area contributed by atoms with Gasteiger partial charge in [0.2, 0.25) is 5.91 Å². The lowest BCUT2D eigenvalue weighted by molar-refractivity contribution is -0.138. The topological polar surface area (TPSA) is 90.3 Å². The second-order valence-corrected chi connectivity index (χ2v) is 5.32. The van der Waals surface area contributed by atoms with Gasteiger partial charge in [0.15, 0.2) is 0 Å². The average molecular weight is 223 g/mol. The van der Waals surface area contributed by atoms with Crippen LogP contribution >= 0.6 is 0 Å². The van der Waals surface area contributed by atoms with E-state index in [4.69, 9.17) is 11.0 Å². The van der Waals surface area contributed by atoms with Gasteiger partial charge in [-0.3, -0.25) is 4.79 Å². The van der Waals surface area contributed by atoms with Crippen molar-refractivity contribution in [3.05, 3.63) is 0 Å². The van der Waals surface area contributed by atoms with E-state index in [9.17, 15) is 9.90 Å². The van der Waals surface area contributed by atoms with E-state index >= 15 is 0 Å². The van der Waals surface area contributed by atoms with Gasteiger partial charge in [0.05, 0.1) is 11.7 Å². The summed E-state index contributed by atoms with van der Waals surface area (Å²) in [6, 6.07) is 1.00. The van der Waals surface area contributed by atoms with E-state index < -0.39 is 11.6 Å². The number of carbonyl (C=O) groups is 1. The Bertz CT molecular complexity index is 355. The van der Waals surface area contributed by atoms with Gasteiger partial charge in [-0.1, -0.05) is 0 Å². The molecule has 2 fully saturated rings. The minimum atomic E-state index is -1.25. The molecule has 1 saturated carbocycles. The minimum Gasteiger partial charge on any atom is -0.388 e. The summed E-state index contributed by atoms with van der Waals surface area (Å²) in [5.41, 5.74) is 4.48. The number of hydrogen-bond donors (Lipinski definition) is 2. The lowest BCUT2D eigenvalue weighted by Crippen LogP contribution is -2.56. The van der Waals surface area contributed by atoms with Gasteiger partial charge in [-0.2, -0.15) is 5.26 Å². The summed E-state index contributed by atoms with van der Waals surface area (Å²) in [4.78, 5) is 13.7. The molecule has 3 N–H and O–H groups in total. The Morgan fingerprint density at radius 2 is 2.25 bits per heavy atom. The highest BCUT2D eigenvalue weighted by atomic mass is 16.3. The maximum atomic E-state index is 12.1. The van der Waals surface area contributed by atoms with Crippen molar-refractivity contribution in [2.45, 2.75) is 50.4 Å². The van der Waals surface area contributed by atoms with E-state index in [2.05, 4.69) is 6.07 Å². The van der Waals surface area contributed by atoms with Crippen molar-refractivity contribution >= 4 is 5.91 Å². The first-order valence-corrected chi connectivity index (χ1v) is 5.56. The Balaban J connectivity index is 2.13. The summed E-state index contributed by atoms with van der Waals surface area (Å²) in [5.74, 6) is 0.173. The number of rotatable bonds is 2. The van der Waals surface area contributed by atoms with Crippen LogP contribution in [0, 0.1) is 17.2 Å². The van der Waals surface area contributed by atoms with Crippen LogP contribution in [0.2, 0.25) is 0 Å². The lowest BCUT2D eigenvalue weighted by atomic mass is 9.98. The number of nitriles is 1. The smallest absolute Gasteiger partial charge is 0.243 e.